The van der Waals surface area contributed by atoms with Gasteiger partial charge in [-0.15, -0.1) is 0 Å². The van der Waals surface area contributed by atoms with Crippen molar-refractivity contribution >= 4 is 46.5 Å². The van der Waals surface area contributed by atoms with E-state index in [0.717, 1.165) is 32.5 Å². The second-order valence-electron chi connectivity index (χ2n) is 8.24. The van der Waals surface area contributed by atoms with Crippen molar-refractivity contribution in [1.29, 1.82) is 0 Å². The molecule has 3 aromatic carbocycles. The minimum absolute atomic E-state index is 0.140. The molecule has 1 aliphatic rings. The van der Waals surface area contributed by atoms with Gasteiger partial charge in [0.05, 0.1) is 12.1 Å². The number of amides is 3. The maximum atomic E-state index is 13.0. The van der Waals surface area contributed by atoms with E-state index in [4.69, 9.17) is 11.6 Å². The maximum Gasteiger partial charge on any atom is 0.335 e. The lowest BCUT2D eigenvalue weighted by atomic mass is 10.1. The van der Waals surface area contributed by atoms with Crippen molar-refractivity contribution in [2.45, 2.75) is 13.1 Å². The van der Waals surface area contributed by atoms with E-state index in [9.17, 15) is 19.5 Å². The van der Waals surface area contributed by atoms with Gasteiger partial charge in [-0.2, -0.15) is 0 Å². The Morgan fingerprint density at radius 3 is 2.49 bits per heavy atom. The average molecular weight is 486 g/mol. The van der Waals surface area contributed by atoms with Gasteiger partial charge in [-0.1, -0.05) is 54.1 Å². The predicted molar refractivity (Wildman–Crippen MR) is 133 cm³/mol. The summed E-state index contributed by atoms with van der Waals surface area (Å²) < 4.78 is 2.00. The van der Waals surface area contributed by atoms with Crippen molar-refractivity contribution in [1.82, 2.24) is 14.8 Å². The molecule has 3 amide bonds. The van der Waals surface area contributed by atoms with Gasteiger partial charge < -0.3 is 15.0 Å². The number of urea groups is 1. The van der Waals surface area contributed by atoms with Gasteiger partial charge in [0.25, 0.3) is 5.91 Å². The summed E-state index contributed by atoms with van der Waals surface area (Å²) in [5, 5.41) is 13.5. The standard InChI is InChI=1S/C27H20ClN3O4/c28-21-10-8-17(9-11-21)15-31-25(32)23(29-27(31)35)13-20-16-30(24-7-2-1-6-22(20)24)14-18-4-3-5-19(12-18)26(33)34/h1-13,16H,14-15H2,(H,29,35)(H,33,34)/b23-13+. The first-order valence-electron chi connectivity index (χ1n) is 10.9. The Kier molecular flexibility index (Phi) is 5.84. The monoisotopic (exact) mass is 485 g/mol. The maximum absolute atomic E-state index is 13.0. The van der Waals surface area contributed by atoms with E-state index in [-0.39, 0.29) is 17.8 Å². The second kappa shape index (κ2) is 9.12. The first kappa shape index (κ1) is 22.4. The van der Waals surface area contributed by atoms with Crippen LogP contribution in [-0.2, 0) is 17.9 Å². The summed E-state index contributed by atoms with van der Waals surface area (Å²) in [6.07, 6.45) is 3.57. The van der Waals surface area contributed by atoms with Gasteiger partial charge in [0.2, 0.25) is 0 Å². The topological polar surface area (TPSA) is 91.6 Å². The molecular weight excluding hydrogens is 466 g/mol. The van der Waals surface area contributed by atoms with Gasteiger partial charge in [0, 0.05) is 34.2 Å². The summed E-state index contributed by atoms with van der Waals surface area (Å²) in [7, 11) is 0. The molecule has 0 spiro atoms. The molecule has 5 rings (SSSR count). The quantitative estimate of drug-likeness (QED) is 0.292. The van der Waals surface area contributed by atoms with Crippen LogP contribution in [0.1, 0.15) is 27.0 Å². The Bertz CT molecular complexity index is 1500. The van der Waals surface area contributed by atoms with E-state index in [2.05, 4.69) is 5.32 Å². The Labute approximate surface area is 205 Å². The van der Waals surface area contributed by atoms with E-state index < -0.39 is 17.9 Å². The summed E-state index contributed by atoms with van der Waals surface area (Å²) in [5.74, 6) is -1.38. The molecule has 174 valence electrons. The number of nitrogens with zero attached hydrogens (tertiary/aromatic N) is 2. The number of imide groups is 1. The molecule has 7 nitrogen and oxygen atoms in total. The predicted octanol–water partition coefficient (Wildman–Crippen LogP) is 5.13. The highest BCUT2D eigenvalue weighted by atomic mass is 35.5. The number of rotatable bonds is 6. The van der Waals surface area contributed by atoms with Gasteiger partial charge >= 0.3 is 12.0 Å². The number of para-hydroxylation sites is 1. The fourth-order valence-corrected chi connectivity index (χ4v) is 4.29. The van der Waals surface area contributed by atoms with Gasteiger partial charge in [0.15, 0.2) is 0 Å². The SMILES string of the molecule is O=C(O)c1cccc(Cn2cc(/C=C3/NC(=O)N(Cc4ccc(Cl)cc4)C3=O)c3ccccc32)c1. The molecule has 1 saturated heterocycles. The summed E-state index contributed by atoms with van der Waals surface area (Å²) >= 11 is 5.92. The number of hydrogen-bond donors (Lipinski definition) is 2. The lowest BCUT2D eigenvalue weighted by molar-refractivity contribution is -0.123. The van der Waals surface area contributed by atoms with E-state index in [0.29, 0.717) is 11.6 Å². The summed E-state index contributed by atoms with van der Waals surface area (Å²) in [6.45, 7) is 0.592. The highest BCUT2D eigenvalue weighted by molar-refractivity contribution is 6.30. The number of carbonyl (C=O) groups is 3. The number of carboxylic acid groups (broad SMARTS) is 1. The smallest absolute Gasteiger partial charge is 0.335 e. The minimum atomic E-state index is -0.978. The fraction of sp³-hybridized carbons (Fsp3) is 0.0741. The van der Waals surface area contributed by atoms with Crippen LogP contribution < -0.4 is 5.32 Å². The molecule has 1 fully saturated rings. The number of hydrogen-bond acceptors (Lipinski definition) is 3. The van der Waals surface area contributed by atoms with Crippen LogP contribution in [0.25, 0.3) is 17.0 Å². The van der Waals surface area contributed by atoms with Crippen LogP contribution in [-0.4, -0.2) is 32.5 Å². The number of halogens is 1. The van der Waals surface area contributed by atoms with Crippen LogP contribution in [0.15, 0.2) is 84.7 Å². The number of nitrogens with one attached hydrogen (secondary N) is 1. The van der Waals surface area contributed by atoms with Crippen molar-refractivity contribution in [2.24, 2.45) is 0 Å². The minimum Gasteiger partial charge on any atom is -0.478 e. The van der Waals surface area contributed by atoms with E-state index in [1.165, 1.54) is 0 Å². The van der Waals surface area contributed by atoms with Crippen LogP contribution in [0.5, 0.6) is 0 Å². The molecule has 0 bridgehead atoms. The number of benzene rings is 3. The van der Waals surface area contributed by atoms with Crippen LogP contribution in [0.3, 0.4) is 0 Å². The van der Waals surface area contributed by atoms with Crippen LogP contribution in [0, 0.1) is 0 Å². The fourth-order valence-electron chi connectivity index (χ4n) is 4.16. The molecule has 0 atom stereocenters. The summed E-state index contributed by atoms with van der Waals surface area (Å²) in [6, 6.07) is 21.0. The number of fused-ring (bicyclic) bond motifs is 1. The van der Waals surface area contributed by atoms with Crippen LogP contribution in [0.4, 0.5) is 4.79 Å². The first-order valence-corrected chi connectivity index (χ1v) is 11.3. The van der Waals surface area contributed by atoms with Gasteiger partial charge in [-0.05, 0) is 47.5 Å². The lowest BCUT2D eigenvalue weighted by Gasteiger charge is -2.11. The van der Waals surface area contributed by atoms with Gasteiger partial charge in [-0.3, -0.25) is 9.69 Å². The molecule has 2 N–H and O–H groups in total. The molecule has 0 unspecified atom stereocenters. The number of aromatic nitrogens is 1. The van der Waals surface area contributed by atoms with Gasteiger partial charge in [-0.25, -0.2) is 9.59 Å². The molecule has 4 aromatic rings. The zero-order valence-electron chi connectivity index (χ0n) is 18.4. The van der Waals surface area contributed by atoms with E-state index in [1.54, 1.807) is 48.5 Å². The molecule has 0 aliphatic carbocycles. The molecule has 2 heterocycles. The normalized spacial score (nSPS) is 14.7. The van der Waals surface area contributed by atoms with Crippen LogP contribution >= 0.6 is 11.6 Å². The number of carboxylic acids is 1. The molecule has 1 aliphatic heterocycles. The zero-order valence-corrected chi connectivity index (χ0v) is 19.2. The van der Waals surface area contributed by atoms with E-state index in [1.807, 2.05) is 41.1 Å². The van der Waals surface area contributed by atoms with Crippen molar-refractivity contribution < 1.29 is 19.5 Å². The third-order valence-corrected chi connectivity index (χ3v) is 6.11. The van der Waals surface area contributed by atoms with Crippen molar-refractivity contribution in [3.8, 4) is 0 Å². The molecule has 1 aromatic heterocycles. The highest BCUT2D eigenvalue weighted by Gasteiger charge is 2.33. The van der Waals surface area contributed by atoms with Crippen molar-refractivity contribution in [2.75, 3.05) is 0 Å². The van der Waals surface area contributed by atoms with Crippen LogP contribution in [0.2, 0.25) is 5.02 Å². The Morgan fingerprint density at radius 1 is 0.943 bits per heavy atom. The largest absolute Gasteiger partial charge is 0.478 e. The Balaban J connectivity index is 1.45. The molecule has 0 radical (unpaired) electrons. The summed E-state index contributed by atoms with van der Waals surface area (Å²) in [4.78, 5) is 38.0. The van der Waals surface area contributed by atoms with E-state index >= 15 is 0 Å². The Morgan fingerprint density at radius 2 is 1.71 bits per heavy atom. The zero-order chi connectivity index (χ0) is 24.5. The number of carbonyl (C=O) groups excluding carboxylic acids is 2. The van der Waals surface area contributed by atoms with Crippen molar-refractivity contribution in [3.63, 3.8) is 0 Å². The molecular formula is C27H20ClN3O4. The Hall–Kier alpha value is -4.36. The molecule has 0 saturated carbocycles. The first-order chi connectivity index (χ1) is 16.9. The summed E-state index contributed by atoms with van der Waals surface area (Å²) in [5.41, 5.74) is 3.74. The van der Waals surface area contributed by atoms with Gasteiger partial charge in [0.1, 0.15) is 5.70 Å². The lowest BCUT2D eigenvalue weighted by Crippen LogP contribution is -2.30. The third-order valence-electron chi connectivity index (χ3n) is 5.86. The second-order valence-corrected chi connectivity index (χ2v) is 8.68. The molecule has 8 heteroatoms. The average Bonchev–Trinajstić information content (AvgIpc) is 3.32. The number of aromatic carboxylic acids is 1. The third kappa shape index (κ3) is 4.54. The highest BCUT2D eigenvalue weighted by Crippen LogP contribution is 2.26. The molecule has 35 heavy (non-hydrogen) atoms. The van der Waals surface area contributed by atoms with Crippen molar-refractivity contribution in [3.05, 3.63) is 112 Å².